The third-order valence-electron chi connectivity index (χ3n) is 2.66. The first-order valence-electron chi connectivity index (χ1n) is 5.28. The predicted molar refractivity (Wildman–Crippen MR) is 60.8 cm³/mol. The molecule has 3 nitrogen and oxygen atoms in total. The number of primary amides is 1. The number of rotatable bonds is 2. The molecule has 1 aliphatic rings. The van der Waals surface area contributed by atoms with Crippen LogP contribution in [0.2, 0.25) is 0 Å². The molecule has 0 radical (unpaired) electrons. The standard InChI is InChI=1S/C12H11F3N2O/c13-12(14,15)7-17-6-9(11(16)18)5-8-3-1-2-4-10(8)17/h1-4,6H,5,7H2,(H2,16,18). The number of carbonyl (C=O) groups excluding carboxylic acids is 1. The van der Waals surface area contributed by atoms with E-state index in [1.807, 2.05) is 0 Å². The maximum atomic E-state index is 12.5. The normalized spacial score (nSPS) is 15.1. The Bertz CT molecular complexity index is 508. The first-order chi connectivity index (χ1) is 8.37. The van der Waals surface area contributed by atoms with Crippen molar-refractivity contribution in [3.63, 3.8) is 0 Å². The van der Waals surface area contributed by atoms with E-state index >= 15 is 0 Å². The summed E-state index contributed by atoms with van der Waals surface area (Å²) in [4.78, 5) is 12.1. The van der Waals surface area contributed by atoms with E-state index in [1.165, 1.54) is 6.20 Å². The van der Waals surface area contributed by atoms with Crippen LogP contribution in [0.4, 0.5) is 18.9 Å². The van der Waals surface area contributed by atoms with Crippen molar-refractivity contribution in [2.24, 2.45) is 5.73 Å². The number of carbonyl (C=O) groups is 1. The van der Waals surface area contributed by atoms with Gasteiger partial charge in [0.1, 0.15) is 6.54 Å². The molecule has 1 aromatic rings. The van der Waals surface area contributed by atoms with E-state index < -0.39 is 18.6 Å². The first-order valence-corrected chi connectivity index (χ1v) is 5.28. The molecule has 6 heteroatoms. The van der Waals surface area contributed by atoms with E-state index in [0.29, 0.717) is 11.3 Å². The summed E-state index contributed by atoms with van der Waals surface area (Å²) >= 11 is 0. The van der Waals surface area contributed by atoms with Crippen LogP contribution >= 0.6 is 0 Å². The Morgan fingerprint density at radius 3 is 2.61 bits per heavy atom. The number of fused-ring (bicyclic) bond motifs is 1. The van der Waals surface area contributed by atoms with Gasteiger partial charge in [0.15, 0.2) is 0 Å². The molecule has 2 N–H and O–H groups in total. The predicted octanol–water partition coefficient (Wildman–Crippen LogP) is 1.98. The van der Waals surface area contributed by atoms with Gasteiger partial charge >= 0.3 is 6.18 Å². The molecule has 0 aromatic heterocycles. The van der Waals surface area contributed by atoms with Crippen LogP contribution in [0.3, 0.4) is 0 Å². The van der Waals surface area contributed by atoms with Crippen LogP contribution in [0, 0.1) is 0 Å². The second kappa shape index (κ2) is 4.36. The van der Waals surface area contributed by atoms with E-state index in [-0.39, 0.29) is 12.0 Å². The Morgan fingerprint density at radius 2 is 2.00 bits per heavy atom. The summed E-state index contributed by atoms with van der Waals surface area (Å²) in [6, 6.07) is 6.66. The van der Waals surface area contributed by atoms with E-state index in [0.717, 1.165) is 4.90 Å². The number of benzene rings is 1. The number of alkyl halides is 3. The molecule has 1 aliphatic heterocycles. The number of hydrogen-bond acceptors (Lipinski definition) is 2. The monoisotopic (exact) mass is 256 g/mol. The van der Waals surface area contributed by atoms with Gasteiger partial charge in [-0.3, -0.25) is 4.79 Å². The molecule has 0 atom stereocenters. The second-order valence-electron chi connectivity index (χ2n) is 4.07. The van der Waals surface area contributed by atoms with Crippen LogP contribution in [0.25, 0.3) is 0 Å². The van der Waals surface area contributed by atoms with E-state index in [4.69, 9.17) is 5.73 Å². The lowest BCUT2D eigenvalue weighted by Crippen LogP contribution is -2.34. The summed E-state index contributed by atoms with van der Waals surface area (Å²) in [5.41, 5.74) is 6.44. The zero-order valence-electron chi connectivity index (χ0n) is 9.37. The van der Waals surface area contributed by atoms with Crippen molar-refractivity contribution in [2.75, 3.05) is 11.4 Å². The smallest absolute Gasteiger partial charge is 0.366 e. The lowest BCUT2D eigenvalue weighted by Gasteiger charge is -2.29. The Kier molecular flexibility index (Phi) is 3.02. The van der Waals surface area contributed by atoms with Crippen molar-refractivity contribution < 1.29 is 18.0 Å². The van der Waals surface area contributed by atoms with Crippen LogP contribution < -0.4 is 10.6 Å². The van der Waals surface area contributed by atoms with Crippen molar-refractivity contribution in [1.82, 2.24) is 0 Å². The van der Waals surface area contributed by atoms with E-state index in [9.17, 15) is 18.0 Å². The number of nitrogens with two attached hydrogens (primary N) is 1. The zero-order valence-corrected chi connectivity index (χ0v) is 9.37. The fourth-order valence-corrected chi connectivity index (χ4v) is 1.92. The Morgan fingerprint density at radius 1 is 1.33 bits per heavy atom. The average molecular weight is 256 g/mol. The fourth-order valence-electron chi connectivity index (χ4n) is 1.92. The fraction of sp³-hybridized carbons (Fsp3) is 0.250. The van der Waals surface area contributed by atoms with Crippen molar-refractivity contribution >= 4 is 11.6 Å². The largest absolute Gasteiger partial charge is 0.406 e. The molecule has 1 amide bonds. The van der Waals surface area contributed by atoms with Gasteiger partial charge in [-0.2, -0.15) is 13.2 Å². The molecule has 0 unspecified atom stereocenters. The molecular weight excluding hydrogens is 245 g/mol. The maximum absolute atomic E-state index is 12.5. The number of nitrogens with zero attached hydrogens (tertiary/aromatic N) is 1. The van der Waals surface area contributed by atoms with E-state index in [1.54, 1.807) is 24.3 Å². The van der Waals surface area contributed by atoms with Gasteiger partial charge in [0.25, 0.3) is 0 Å². The molecule has 0 spiro atoms. The maximum Gasteiger partial charge on any atom is 0.406 e. The average Bonchev–Trinajstić information content (AvgIpc) is 2.26. The Balaban J connectivity index is 2.39. The highest BCUT2D eigenvalue weighted by Crippen LogP contribution is 2.31. The zero-order chi connectivity index (χ0) is 13.3. The van der Waals surface area contributed by atoms with Crippen LogP contribution in [0.5, 0.6) is 0 Å². The first kappa shape index (κ1) is 12.5. The topological polar surface area (TPSA) is 46.3 Å². The van der Waals surface area contributed by atoms with Gasteiger partial charge < -0.3 is 10.6 Å². The molecule has 0 saturated heterocycles. The van der Waals surface area contributed by atoms with Crippen LogP contribution in [0.1, 0.15) is 5.56 Å². The summed E-state index contributed by atoms with van der Waals surface area (Å²) in [7, 11) is 0. The summed E-state index contributed by atoms with van der Waals surface area (Å²) in [6.45, 7) is -1.14. The highest BCUT2D eigenvalue weighted by molar-refractivity contribution is 5.94. The van der Waals surface area contributed by atoms with Crippen molar-refractivity contribution in [1.29, 1.82) is 0 Å². The number of para-hydroxylation sites is 1. The van der Waals surface area contributed by atoms with Gasteiger partial charge in [-0.15, -0.1) is 0 Å². The number of halogens is 3. The molecule has 0 saturated carbocycles. The Labute approximate surface area is 102 Å². The van der Waals surface area contributed by atoms with Gasteiger partial charge in [0.2, 0.25) is 5.91 Å². The summed E-state index contributed by atoms with van der Waals surface area (Å²) in [6.07, 6.45) is -2.90. The molecule has 1 heterocycles. The Hall–Kier alpha value is -1.98. The molecule has 1 aromatic carbocycles. The number of anilines is 1. The minimum Gasteiger partial charge on any atom is -0.366 e. The van der Waals surface area contributed by atoms with Gasteiger partial charge in [-0.25, -0.2) is 0 Å². The van der Waals surface area contributed by atoms with Crippen molar-refractivity contribution in [2.45, 2.75) is 12.6 Å². The molecule has 96 valence electrons. The highest BCUT2D eigenvalue weighted by Gasteiger charge is 2.32. The minimum absolute atomic E-state index is 0.179. The molecule has 0 bridgehead atoms. The lowest BCUT2D eigenvalue weighted by atomic mass is 9.99. The summed E-state index contributed by atoms with van der Waals surface area (Å²) in [5, 5.41) is 0. The third kappa shape index (κ3) is 2.64. The van der Waals surface area contributed by atoms with Crippen LogP contribution in [-0.4, -0.2) is 18.6 Å². The lowest BCUT2D eigenvalue weighted by molar-refractivity contribution is -0.119. The quantitative estimate of drug-likeness (QED) is 0.879. The minimum atomic E-state index is -4.34. The molecule has 2 rings (SSSR count). The summed E-state index contributed by atoms with van der Waals surface area (Å²) in [5.74, 6) is -0.698. The van der Waals surface area contributed by atoms with Gasteiger partial charge in [0.05, 0.1) is 0 Å². The number of amides is 1. The second-order valence-corrected chi connectivity index (χ2v) is 4.07. The highest BCUT2D eigenvalue weighted by atomic mass is 19.4. The van der Waals surface area contributed by atoms with Gasteiger partial charge in [-0.05, 0) is 11.6 Å². The van der Waals surface area contributed by atoms with Crippen LogP contribution in [-0.2, 0) is 11.2 Å². The third-order valence-corrected chi connectivity index (χ3v) is 2.66. The molecule has 0 fully saturated rings. The SMILES string of the molecule is NC(=O)C1=CN(CC(F)(F)F)c2ccccc2C1. The molecule has 0 aliphatic carbocycles. The van der Waals surface area contributed by atoms with Crippen molar-refractivity contribution in [3.8, 4) is 0 Å². The summed E-state index contributed by atoms with van der Waals surface area (Å²) < 4.78 is 37.4. The van der Waals surface area contributed by atoms with E-state index in [2.05, 4.69) is 0 Å². The molecular formula is C12H11F3N2O. The van der Waals surface area contributed by atoms with Gasteiger partial charge in [-0.1, -0.05) is 18.2 Å². The molecule has 18 heavy (non-hydrogen) atoms. The number of hydrogen-bond donors (Lipinski definition) is 1. The van der Waals surface area contributed by atoms with Crippen LogP contribution in [0.15, 0.2) is 36.0 Å². The van der Waals surface area contributed by atoms with Gasteiger partial charge in [0, 0.05) is 23.9 Å². The van der Waals surface area contributed by atoms with Crippen molar-refractivity contribution in [3.05, 3.63) is 41.6 Å².